The van der Waals surface area contributed by atoms with Crippen molar-refractivity contribution in [2.75, 3.05) is 39.5 Å². The molecule has 0 spiro atoms. The van der Waals surface area contributed by atoms with Crippen LogP contribution >= 0.6 is 0 Å². The minimum absolute atomic E-state index is 0.926. The second-order valence-corrected chi connectivity index (χ2v) is 10.7. The molecule has 3 heteroatoms. The number of rotatable bonds is 3. The van der Waals surface area contributed by atoms with Gasteiger partial charge in [0, 0.05) is 0 Å². The molecule has 17 heavy (non-hydrogen) atoms. The molecule has 0 N–H and O–H groups in total. The van der Waals surface area contributed by atoms with Crippen LogP contribution in [0.5, 0.6) is 0 Å². The van der Waals surface area contributed by atoms with Gasteiger partial charge in [-0.15, -0.1) is 0 Å². The number of likely N-dealkylation sites (N-methyl/N-ethyl adjacent to an activating group) is 1. The Balaban J connectivity index is 2.11. The van der Waals surface area contributed by atoms with E-state index in [1.54, 1.807) is 5.19 Å². The predicted octanol–water partition coefficient (Wildman–Crippen LogP) is 1.62. The zero-order valence-electron chi connectivity index (χ0n) is 11.3. The SMILES string of the molecule is C[N+]1(C[Si](C)(C)c2ccccc2)CCOCC1. The van der Waals surface area contributed by atoms with Gasteiger partial charge in [0.25, 0.3) is 0 Å². The third-order valence-electron chi connectivity index (χ3n) is 3.88. The van der Waals surface area contributed by atoms with Crippen LogP contribution in [-0.2, 0) is 4.74 Å². The summed E-state index contributed by atoms with van der Waals surface area (Å²) in [6.07, 6.45) is 1.32. The Bertz CT molecular complexity index is 358. The fraction of sp³-hybridized carbons (Fsp3) is 0.571. The van der Waals surface area contributed by atoms with Gasteiger partial charge in [0.15, 0.2) is 0 Å². The predicted molar refractivity (Wildman–Crippen MR) is 75.2 cm³/mol. The van der Waals surface area contributed by atoms with Gasteiger partial charge < -0.3 is 9.22 Å². The first-order valence-electron chi connectivity index (χ1n) is 6.49. The summed E-state index contributed by atoms with van der Waals surface area (Å²) in [5.74, 6) is 0. The van der Waals surface area contributed by atoms with Crippen LogP contribution < -0.4 is 5.19 Å². The van der Waals surface area contributed by atoms with Crippen LogP contribution in [0, 0.1) is 0 Å². The molecular weight excluding hydrogens is 226 g/mol. The summed E-state index contributed by atoms with van der Waals surface area (Å²) in [5, 5.41) is 1.57. The average molecular weight is 250 g/mol. The molecule has 0 saturated carbocycles. The van der Waals surface area contributed by atoms with Gasteiger partial charge in [-0.1, -0.05) is 48.6 Å². The van der Waals surface area contributed by atoms with Crippen LogP contribution in [0.2, 0.25) is 13.1 Å². The quantitative estimate of drug-likeness (QED) is 0.585. The van der Waals surface area contributed by atoms with Crippen LogP contribution in [0.25, 0.3) is 0 Å². The van der Waals surface area contributed by atoms with Crippen molar-refractivity contribution in [3.63, 3.8) is 0 Å². The number of hydrogen-bond donors (Lipinski definition) is 0. The van der Waals surface area contributed by atoms with E-state index in [-0.39, 0.29) is 0 Å². The number of morpholine rings is 1. The summed E-state index contributed by atoms with van der Waals surface area (Å²) in [6, 6.07) is 11.1. The minimum Gasteiger partial charge on any atom is -0.370 e. The van der Waals surface area contributed by atoms with Gasteiger partial charge in [0.2, 0.25) is 0 Å². The standard InChI is InChI=1S/C14H24NOSi/c1-15(9-11-16-12-10-15)13-17(2,3)14-7-5-4-6-8-14/h4-8H,9-13H2,1-3H3/q+1. The molecule has 94 valence electrons. The van der Waals surface area contributed by atoms with E-state index in [9.17, 15) is 0 Å². The third kappa shape index (κ3) is 3.18. The van der Waals surface area contributed by atoms with Crippen molar-refractivity contribution >= 4 is 13.3 Å². The Kier molecular flexibility index (Phi) is 3.71. The van der Waals surface area contributed by atoms with E-state index in [0.29, 0.717) is 0 Å². The Hall–Kier alpha value is -0.643. The lowest BCUT2D eigenvalue weighted by molar-refractivity contribution is -0.907. The summed E-state index contributed by atoms with van der Waals surface area (Å²) >= 11 is 0. The van der Waals surface area contributed by atoms with Crippen molar-refractivity contribution in [1.82, 2.24) is 0 Å². The van der Waals surface area contributed by atoms with E-state index in [0.717, 1.165) is 13.2 Å². The molecule has 1 aliphatic rings. The lowest BCUT2D eigenvalue weighted by Crippen LogP contribution is -2.62. The van der Waals surface area contributed by atoms with Gasteiger partial charge >= 0.3 is 0 Å². The van der Waals surface area contributed by atoms with E-state index < -0.39 is 8.07 Å². The molecule has 0 atom stereocenters. The Morgan fingerprint density at radius 3 is 2.29 bits per heavy atom. The van der Waals surface area contributed by atoms with Gasteiger partial charge in [-0.3, -0.25) is 0 Å². The van der Waals surface area contributed by atoms with Crippen LogP contribution in [0.4, 0.5) is 0 Å². The first-order valence-corrected chi connectivity index (χ1v) is 9.69. The van der Waals surface area contributed by atoms with Crippen molar-refractivity contribution in [3.8, 4) is 0 Å². The molecule has 1 aliphatic heterocycles. The molecule has 0 aromatic heterocycles. The maximum absolute atomic E-state index is 5.48. The van der Waals surface area contributed by atoms with Gasteiger partial charge in [-0.25, -0.2) is 0 Å². The highest BCUT2D eigenvalue weighted by Crippen LogP contribution is 2.14. The molecule has 1 saturated heterocycles. The normalized spacial score (nSPS) is 20.2. The molecule has 1 aromatic rings. The lowest BCUT2D eigenvalue weighted by Gasteiger charge is -2.42. The zero-order valence-corrected chi connectivity index (χ0v) is 12.3. The lowest BCUT2D eigenvalue weighted by atomic mass is 10.4. The molecule has 0 bridgehead atoms. The summed E-state index contributed by atoms with van der Waals surface area (Å²) in [6.45, 7) is 9.17. The first-order chi connectivity index (χ1) is 8.02. The maximum atomic E-state index is 5.48. The van der Waals surface area contributed by atoms with Gasteiger partial charge in [0.05, 0.1) is 26.4 Å². The highest BCUT2D eigenvalue weighted by atomic mass is 28.3. The van der Waals surface area contributed by atoms with Crippen molar-refractivity contribution in [3.05, 3.63) is 30.3 Å². The van der Waals surface area contributed by atoms with Gasteiger partial charge in [0.1, 0.15) is 21.2 Å². The first kappa shape index (κ1) is 12.8. The van der Waals surface area contributed by atoms with Crippen molar-refractivity contribution in [2.24, 2.45) is 0 Å². The average Bonchev–Trinajstić information content (AvgIpc) is 2.30. The molecule has 2 rings (SSSR count). The van der Waals surface area contributed by atoms with Crippen molar-refractivity contribution in [1.29, 1.82) is 0 Å². The summed E-state index contributed by atoms with van der Waals surface area (Å²) in [7, 11) is 1.07. The summed E-state index contributed by atoms with van der Waals surface area (Å²) < 4.78 is 6.67. The number of ether oxygens (including phenoxy) is 1. The molecule has 2 nitrogen and oxygen atoms in total. The Morgan fingerprint density at radius 2 is 1.71 bits per heavy atom. The largest absolute Gasteiger partial charge is 0.370 e. The second kappa shape index (κ2) is 4.92. The zero-order chi connectivity index (χ0) is 12.4. The van der Waals surface area contributed by atoms with E-state index in [1.165, 1.54) is 23.7 Å². The van der Waals surface area contributed by atoms with Crippen LogP contribution in [0.15, 0.2) is 30.3 Å². The highest BCUT2D eigenvalue weighted by Gasteiger charge is 2.36. The molecule has 0 radical (unpaired) electrons. The molecule has 0 amide bonds. The molecule has 1 fully saturated rings. The van der Waals surface area contributed by atoms with Crippen LogP contribution in [0.1, 0.15) is 0 Å². The van der Waals surface area contributed by atoms with Crippen molar-refractivity contribution in [2.45, 2.75) is 13.1 Å². The topological polar surface area (TPSA) is 9.23 Å². The van der Waals surface area contributed by atoms with E-state index >= 15 is 0 Å². The highest BCUT2D eigenvalue weighted by molar-refractivity contribution is 6.89. The monoisotopic (exact) mass is 250 g/mol. The van der Waals surface area contributed by atoms with E-state index in [2.05, 4.69) is 50.5 Å². The fourth-order valence-electron chi connectivity index (χ4n) is 2.88. The van der Waals surface area contributed by atoms with E-state index in [1.807, 2.05) is 0 Å². The Morgan fingerprint density at radius 1 is 1.12 bits per heavy atom. The fourth-order valence-corrected chi connectivity index (χ4v) is 6.38. The van der Waals surface area contributed by atoms with Crippen molar-refractivity contribution < 1.29 is 9.22 Å². The number of quaternary nitrogens is 1. The molecule has 0 unspecified atom stereocenters. The minimum atomic E-state index is -1.32. The second-order valence-electron chi connectivity index (χ2n) is 6.09. The molecular formula is C14H24NOSi+. The third-order valence-corrected chi connectivity index (χ3v) is 7.33. The molecule has 1 aromatic carbocycles. The van der Waals surface area contributed by atoms with Gasteiger partial charge in [-0.2, -0.15) is 0 Å². The van der Waals surface area contributed by atoms with Crippen LogP contribution in [-0.4, -0.2) is 52.1 Å². The Labute approximate surface area is 106 Å². The molecule has 1 heterocycles. The van der Waals surface area contributed by atoms with Crippen LogP contribution in [0.3, 0.4) is 0 Å². The maximum Gasteiger partial charge on any atom is 0.144 e. The number of hydrogen-bond acceptors (Lipinski definition) is 1. The number of benzene rings is 1. The summed E-state index contributed by atoms with van der Waals surface area (Å²) in [5.41, 5.74) is 0. The summed E-state index contributed by atoms with van der Waals surface area (Å²) in [4.78, 5) is 0. The van der Waals surface area contributed by atoms with E-state index in [4.69, 9.17) is 4.74 Å². The number of nitrogens with zero attached hydrogens (tertiary/aromatic N) is 1. The van der Waals surface area contributed by atoms with Gasteiger partial charge in [-0.05, 0) is 0 Å². The molecule has 0 aliphatic carbocycles. The smallest absolute Gasteiger partial charge is 0.144 e.